The average molecular weight is 510 g/mol. The Balaban J connectivity index is 1.92. The van der Waals surface area contributed by atoms with E-state index in [-0.39, 0.29) is 0 Å². The van der Waals surface area contributed by atoms with Crippen LogP contribution in [0, 0.1) is 11.8 Å². The standard InChI is InChI=1S/C32H39GeN/c1-23(2)21-33(22-24(3)4,28-13-8-7-9-14-28)29-16-17-34-32(20-29)27-18-26-12-10-11-15-30(26)31(19-27)25(5)6/h7-20,23-25H,21-22H2,1-6H3. The Bertz CT molecular complexity index is 1230. The fraction of sp³-hybridized carbons (Fsp3) is 0.344. The molecule has 1 nitrogen and oxygen atoms in total. The van der Waals surface area contributed by atoms with Gasteiger partial charge in [-0.05, 0) is 0 Å². The van der Waals surface area contributed by atoms with Gasteiger partial charge in [0.2, 0.25) is 0 Å². The Kier molecular flexibility index (Phi) is 7.62. The zero-order valence-electron chi connectivity index (χ0n) is 21.7. The maximum atomic E-state index is 4.91. The first-order chi connectivity index (χ1) is 16.3. The van der Waals surface area contributed by atoms with Gasteiger partial charge in [-0.3, -0.25) is 0 Å². The first-order valence-electron chi connectivity index (χ1n) is 12.9. The number of hydrogen-bond donors (Lipinski definition) is 0. The number of aromatic nitrogens is 1. The summed E-state index contributed by atoms with van der Waals surface area (Å²) in [5, 5.41) is 5.27. The van der Waals surface area contributed by atoms with Gasteiger partial charge < -0.3 is 0 Å². The van der Waals surface area contributed by atoms with Crippen molar-refractivity contribution >= 4 is 32.8 Å². The first kappa shape index (κ1) is 24.7. The third-order valence-electron chi connectivity index (χ3n) is 6.96. The first-order valence-corrected chi connectivity index (χ1v) is 17.9. The van der Waals surface area contributed by atoms with Crippen LogP contribution in [0.4, 0.5) is 0 Å². The Morgan fingerprint density at radius 3 is 1.97 bits per heavy atom. The summed E-state index contributed by atoms with van der Waals surface area (Å²) in [6.07, 6.45) is 2.07. The van der Waals surface area contributed by atoms with Crippen LogP contribution in [0.5, 0.6) is 0 Å². The van der Waals surface area contributed by atoms with Crippen molar-refractivity contribution in [2.45, 2.75) is 58.0 Å². The van der Waals surface area contributed by atoms with Gasteiger partial charge in [0, 0.05) is 0 Å². The molecule has 0 atom stereocenters. The van der Waals surface area contributed by atoms with Gasteiger partial charge in [0.25, 0.3) is 0 Å². The fourth-order valence-electron chi connectivity index (χ4n) is 5.72. The second kappa shape index (κ2) is 10.5. The van der Waals surface area contributed by atoms with Crippen LogP contribution in [0.1, 0.15) is 53.0 Å². The summed E-state index contributed by atoms with van der Waals surface area (Å²) < 4.78 is 3.17. The van der Waals surface area contributed by atoms with Crippen LogP contribution in [0.25, 0.3) is 22.0 Å². The molecule has 1 aromatic heterocycles. The molecule has 0 spiro atoms. The van der Waals surface area contributed by atoms with Gasteiger partial charge in [0.15, 0.2) is 0 Å². The summed E-state index contributed by atoms with van der Waals surface area (Å²) in [5.74, 6) is 1.81. The van der Waals surface area contributed by atoms with E-state index in [1.54, 1.807) is 8.79 Å². The Hall–Kier alpha value is -2.39. The second-order valence-corrected chi connectivity index (χ2v) is 19.7. The van der Waals surface area contributed by atoms with Gasteiger partial charge in [-0.2, -0.15) is 0 Å². The van der Waals surface area contributed by atoms with Gasteiger partial charge in [0.05, 0.1) is 0 Å². The summed E-state index contributed by atoms with van der Waals surface area (Å²) >= 11 is -2.65. The van der Waals surface area contributed by atoms with E-state index in [4.69, 9.17) is 4.98 Å². The number of hydrogen-bond acceptors (Lipinski definition) is 1. The molecule has 4 rings (SSSR count). The van der Waals surface area contributed by atoms with Gasteiger partial charge in [-0.1, -0.05) is 0 Å². The number of pyridine rings is 1. The third-order valence-corrected chi connectivity index (χ3v) is 19.3. The van der Waals surface area contributed by atoms with E-state index in [0.29, 0.717) is 17.8 Å². The normalized spacial score (nSPS) is 12.3. The molecule has 0 saturated carbocycles. The van der Waals surface area contributed by atoms with Crippen LogP contribution in [0.15, 0.2) is 85.1 Å². The van der Waals surface area contributed by atoms with Crippen LogP contribution < -0.4 is 8.79 Å². The monoisotopic (exact) mass is 511 g/mol. The van der Waals surface area contributed by atoms with Gasteiger partial charge in [-0.15, -0.1) is 0 Å². The van der Waals surface area contributed by atoms with Gasteiger partial charge in [-0.25, -0.2) is 0 Å². The number of fused-ring (bicyclic) bond motifs is 1. The molecule has 0 fully saturated rings. The molecule has 0 amide bonds. The molecule has 0 saturated heterocycles. The molecule has 176 valence electrons. The molecule has 0 radical (unpaired) electrons. The second-order valence-electron chi connectivity index (χ2n) is 11.0. The van der Waals surface area contributed by atoms with Gasteiger partial charge in [0.1, 0.15) is 0 Å². The molecule has 2 heteroatoms. The van der Waals surface area contributed by atoms with E-state index in [2.05, 4.69) is 127 Å². The quantitative estimate of drug-likeness (QED) is 0.220. The van der Waals surface area contributed by atoms with Crippen molar-refractivity contribution in [1.29, 1.82) is 0 Å². The molecule has 0 unspecified atom stereocenters. The maximum absolute atomic E-state index is 4.91. The SMILES string of the molecule is CC(C)[CH2][Ge]([CH2]C(C)C)([c]1ccccc1)[c]1ccnc(-c2cc(C(C)C)c3ccccc3c2)c1. The van der Waals surface area contributed by atoms with Crippen molar-refractivity contribution < 1.29 is 0 Å². The molecule has 3 aromatic carbocycles. The van der Waals surface area contributed by atoms with E-state index in [1.165, 1.54) is 32.4 Å². The third kappa shape index (κ3) is 5.15. The summed E-state index contributed by atoms with van der Waals surface area (Å²) in [7, 11) is 0. The summed E-state index contributed by atoms with van der Waals surface area (Å²) in [6, 6.07) is 29.7. The van der Waals surface area contributed by atoms with E-state index >= 15 is 0 Å². The van der Waals surface area contributed by atoms with E-state index in [9.17, 15) is 0 Å². The Morgan fingerprint density at radius 1 is 0.676 bits per heavy atom. The minimum atomic E-state index is -2.65. The molecule has 0 aliphatic heterocycles. The summed E-state index contributed by atoms with van der Waals surface area (Å²) in [5.41, 5.74) is 3.76. The zero-order chi connectivity index (χ0) is 24.3. The number of benzene rings is 3. The molecule has 0 bridgehead atoms. The van der Waals surface area contributed by atoms with Crippen molar-refractivity contribution in [3.8, 4) is 11.3 Å². The van der Waals surface area contributed by atoms with Crippen LogP contribution >= 0.6 is 0 Å². The predicted molar refractivity (Wildman–Crippen MR) is 152 cm³/mol. The molecule has 0 aliphatic rings. The average Bonchev–Trinajstić information content (AvgIpc) is 2.82. The summed E-state index contributed by atoms with van der Waals surface area (Å²) in [4.78, 5) is 4.91. The number of rotatable bonds is 8. The van der Waals surface area contributed by atoms with Crippen LogP contribution in [0.2, 0.25) is 10.5 Å². The van der Waals surface area contributed by atoms with Crippen LogP contribution in [-0.4, -0.2) is 18.3 Å². The van der Waals surface area contributed by atoms with Crippen molar-refractivity contribution in [3.63, 3.8) is 0 Å². The Morgan fingerprint density at radius 2 is 1.32 bits per heavy atom. The molecular formula is C32H39GeN. The van der Waals surface area contributed by atoms with Crippen molar-refractivity contribution in [1.82, 2.24) is 4.98 Å². The van der Waals surface area contributed by atoms with Crippen molar-refractivity contribution in [2.75, 3.05) is 0 Å². The molecule has 0 aliphatic carbocycles. The minimum absolute atomic E-state index is 0.469. The van der Waals surface area contributed by atoms with Crippen molar-refractivity contribution in [2.24, 2.45) is 11.8 Å². The molecule has 4 aromatic rings. The molecule has 0 N–H and O–H groups in total. The van der Waals surface area contributed by atoms with Crippen LogP contribution in [-0.2, 0) is 0 Å². The van der Waals surface area contributed by atoms with E-state index < -0.39 is 13.3 Å². The predicted octanol–water partition coefficient (Wildman–Crippen LogP) is 7.90. The fourth-order valence-corrected chi connectivity index (χ4v) is 18.0. The van der Waals surface area contributed by atoms with E-state index in [1.807, 2.05) is 0 Å². The zero-order valence-corrected chi connectivity index (χ0v) is 23.8. The molecule has 34 heavy (non-hydrogen) atoms. The number of nitrogens with zero attached hydrogens (tertiary/aromatic N) is 1. The topological polar surface area (TPSA) is 12.9 Å². The Labute approximate surface area is 209 Å². The van der Waals surface area contributed by atoms with Crippen LogP contribution in [0.3, 0.4) is 0 Å². The molecule has 1 heterocycles. The van der Waals surface area contributed by atoms with E-state index in [0.717, 1.165) is 5.69 Å². The van der Waals surface area contributed by atoms with Gasteiger partial charge >= 0.3 is 209 Å². The molecular weight excluding hydrogens is 471 g/mol. The van der Waals surface area contributed by atoms with Crippen molar-refractivity contribution in [3.05, 3.63) is 90.6 Å². The summed E-state index contributed by atoms with van der Waals surface area (Å²) in [6.45, 7) is 14.1.